The number of H-pyrrole nitrogens is 1. The molecule has 1 saturated carbocycles. The van der Waals surface area contributed by atoms with E-state index in [1.807, 2.05) is 0 Å². The van der Waals surface area contributed by atoms with E-state index in [1.165, 1.54) is 0 Å². The summed E-state index contributed by atoms with van der Waals surface area (Å²) in [5.41, 5.74) is 0.900. The van der Waals surface area contributed by atoms with Crippen LogP contribution in [0.4, 0.5) is 5.69 Å². The Bertz CT molecular complexity index is 746. The maximum Gasteiger partial charge on any atom is 0.269 e. The van der Waals surface area contributed by atoms with Crippen LogP contribution < -0.4 is 10.1 Å². The Kier molecular flexibility index (Phi) is 5.02. The second kappa shape index (κ2) is 7.37. The van der Waals surface area contributed by atoms with Crippen LogP contribution >= 0.6 is 11.6 Å². The van der Waals surface area contributed by atoms with Gasteiger partial charge in [0.1, 0.15) is 11.4 Å². The molecule has 7 heteroatoms. The monoisotopic (exact) mass is 344 g/mol. The summed E-state index contributed by atoms with van der Waals surface area (Å²) in [6.07, 6.45) is 5.09. The van der Waals surface area contributed by atoms with Gasteiger partial charge in [-0.1, -0.05) is 17.7 Å². The molecule has 1 aromatic heterocycles. The Morgan fingerprint density at radius 2 is 2.12 bits per heavy atom. The molecule has 1 aliphatic rings. The molecule has 24 heavy (non-hydrogen) atoms. The zero-order valence-corrected chi connectivity index (χ0v) is 13.7. The lowest BCUT2D eigenvalue weighted by molar-refractivity contribution is 0.0889. The molecule has 2 N–H and O–H groups in total. The molecule has 1 fully saturated rings. The number of nitrogens with zero attached hydrogens (tertiary/aromatic N) is 2. The highest BCUT2D eigenvalue weighted by Crippen LogP contribution is 2.31. The normalized spacial score (nSPS) is 20.2. The minimum Gasteiger partial charge on any atom is -0.490 e. The van der Waals surface area contributed by atoms with Crippen LogP contribution in [0.3, 0.4) is 0 Å². The third-order valence-electron chi connectivity index (χ3n) is 4.10. The quantitative estimate of drug-likeness (QED) is 0.830. The summed E-state index contributed by atoms with van der Waals surface area (Å²) in [4.78, 5) is 15.3. The smallest absolute Gasteiger partial charge is 0.269 e. The molecule has 0 unspecified atom stereocenters. The summed E-state index contributed by atoms with van der Waals surface area (Å²) in [5, 5.41) is 9.86. The van der Waals surface area contributed by atoms with E-state index in [2.05, 4.69) is 20.4 Å². The number of amides is 1. The fourth-order valence-electron chi connectivity index (χ4n) is 2.81. The van der Waals surface area contributed by atoms with E-state index in [0.717, 1.165) is 25.7 Å². The van der Waals surface area contributed by atoms with Crippen LogP contribution in [0, 0.1) is 6.57 Å². The van der Waals surface area contributed by atoms with Gasteiger partial charge in [-0.2, -0.15) is 5.10 Å². The minimum absolute atomic E-state index is 0.0974. The highest BCUT2D eigenvalue weighted by atomic mass is 35.5. The van der Waals surface area contributed by atoms with E-state index < -0.39 is 0 Å². The van der Waals surface area contributed by atoms with Gasteiger partial charge in [-0.25, -0.2) is 4.85 Å². The van der Waals surface area contributed by atoms with Gasteiger partial charge in [-0.15, -0.1) is 0 Å². The molecule has 2 aromatic rings. The third-order valence-corrected chi connectivity index (χ3v) is 4.40. The Morgan fingerprint density at radius 1 is 1.33 bits per heavy atom. The number of carbonyl (C=O) groups excluding carboxylic acids is 1. The van der Waals surface area contributed by atoms with Crippen LogP contribution in [0.5, 0.6) is 5.75 Å². The van der Waals surface area contributed by atoms with Crippen molar-refractivity contribution in [2.45, 2.75) is 37.8 Å². The molecule has 0 bridgehead atoms. The van der Waals surface area contributed by atoms with Crippen LogP contribution in [0.1, 0.15) is 36.2 Å². The largest absolute Gasteiger partial charge is 0.490 e. The number of rotatable bonds is 4. The maximum atomic E-state index is 12.0. The molecule has 3 rings (SSSR count). The number of aromatic amines is 1. The lowest BCUT2D eigenvalue weighted by atomic mass is 9.93. The van der Waals surface area contributed by atoms with Crippen LogP contribution in [0.2, 0.25) is 5.02 Å². The summed E-state index contributed by atoms with van der Waals surface area (Å²) < 4.78 is 5.94. The molecule has 6 nitrogen and oxygen atoms in total. The highest BCUT2D eigenvalue weighted by Gasteiger charge is 2.24. The molecule has 0 atom stereocenters. The maximum absolute atomic E-state index is 12.0. The van der Waals surface area contributed by atoms with Crippen LogP contribution in [0.15, 0.2) is 30.5 Å². The van der Waals surface area contributed by atoms with Crippen LogP contribution in [0.25, 0.3) is 4.85 Å². The molecule has 0 saturated heterocycles. The topological polar surface area (TPSA) is 71.4 Å². The average Bonchev–Trinajstić information content (AvgIpc) is 3.11. The fourth-order valence-corrected chi connectivity index (χ4v) is 3.03. The van der Waals surface area contributed by atoms with E-state index >= 15 is 0 Å². The zero-order valence-electron chi connectivity index (χ0n) is 13.0. The van der Waals surface area contributed by atoms with Gasteiger partial charge in [-0.05, 0) is 43.9 Å². The number of ether oxygens (including phenoxy) is 1. The SMILES string of the molecule is [C-]#[N+]c1ccc(OC2CCC(NC(=O)c3ccn[nH]3)CC2)cc1Cl. The number of aromatic nitrogens is 2. The summed E-state index contributed by atoms with van der Waals surface area (Å²) in [7, 11) is 0. The van der Waals surface area contributed by atoms with Crippen molar-refractivity contribution in [3.63, 3.8) is 0 Å². The molecular formula is C17H17ClN4O2. The van der Waals surface area contributed by atoms with Gasteiger partial charge >= 0.3 is 0 Å². The molecule has 124 valence electrons. The van der Waals surface area contributed by atoms with Crippen molar-refractivity contribution in [2.24, 2.45) is 0 Å². The van der Waals surface area contributed by atoms with Gasteiger partial charge < -0.3 is 10.1 Å². The summed E-state index contributed by atoms with van der Waals surface area (Å²) in [6.45, 7) is 7.00. The van der Waals surface area contributed by atoms with Crippen molar-refractivity contribution < 1.29 is 9.53 Å². The average molecular weight is 345 g/mol. The Morgan fingerprint density at radius 3 is 2.75 bits per heavy atom. The first-order valence-electron chi connectivity index (χ1n) is 7.79. The van der Waals surface area contributed by atoms with Gasteiger partial charge in [0.05, 0.1) is 17.7 Å². The molecule has 0 radical (unpaired) electrons. The second-order valence-corrected chi connectivity index (χ2v) is 6.17. The number of carbonyl (C=O) groups is 1. The van der Waals surface area contributed by atoms with Crippen molar-refractivity contribution in [3.8, 4) is 5.75 Å². The Balaban J connectivity index is 1.49. The molecule has 0 spiro atoms. The van der Waals surface area contributed by atoms with E-state index in [4.69, 9.17) is 22.9 Å². The van der Waals surface area contributed by atoms with Gasteiger partial charge in [0, 0.05) is 12.2 Å². The second-order valence-electron chi connectivity index (χ2n) is 5.76. The lowest BCUT2D eigenvalue weighted by Crippen LogP contribution is -2.39. The summed E-state index contributed by atoms with van der Waals surface area (Å²) in [6, 6.07) is 6.92. The van der Waals surface area contributed by atoms with Gasteiger partial charge in [0.2, 0.25) is 5.69 Å². The number of hydrogen-bond donors (Lipinski definition) is 2. The molecule has 1 heterocycles. The van der Waals surface area contributed by atoms with Crippen molar-refractivity contribution in [1.82, 2.24) is 15.5 Å². The van der Waals surface area contributed by atoms with Crippen molar-refractivity contribution in [1.29, 1.82) is 0 Å². The fraction of sp³-hybridized carbons (Fsp3) is 0.353. The number of benzene rings is 1. The van der Waals surface area contributed by atoms with Crippen LogP contribution in [-0.2, 0) is 0 Å². The standard InChI is InChI=1S/C17H17ClN4O2/c1-19-15-7-6-13(10-14(15)18)24-12-4-2-11(3-5-12)21-17(23)16-8-9-20-22-16/h6-12H,2-5H2,(H,20,22)(H,21,23). The summed E-state index contributed by atoms with van der Waals surface area (Å²) >= 11 is 6.03. The van der Waals surface area contributed by atoms with E-state index in [0.29, 0.717) is 22.2 Å². The van der Waals surface area contributed by atoms with Gasteiger partial charge in [0.15, 0.2) is 0 Å². The Labute approximate surface area is 145 Å². The first-order valence-corrected chi connectivity index (χ1v) is 8.17. The zero-order chi connectivity index (χ0) is 16.9. The van der Waals surface area contributed by atoms with Crippen molar-refractivity contribution in [3.05, 3.63) is 52.6 Å². The lowest BCUT2D eigenvalue weighted by Gasteiger charge is -2.29. The minimum atomic E-state index is -0.126. The molecule has 0 aliphatic heterocycles. The van der Waals surface area contributed by atoms with E-state index in [1.54, 1.807) is 30.5 Å². The summed E-state index contributed by atoms with van der Waals surface area (Å²) in [5.74, 6) is 0.552. The first-order chi connectivity index (χ1) is 11.7. The number of hydrogen-bond acceptors (Lipinski definition) is 3. The van der Waals surface area contributed by atoms with E-state index in [9.17, 15) is 4.79 Å². The first kappa shape index (κ1) is 16.3. The molecule has 1 aromatic carbocycles. The number of nitrogens with one attached hydrogen (secondary N) is 2. The molecule has 1 aliphatic carbocycles. The Hall–Kier alpha value is -2.52. The van der Waals surface area contributed by atoms with Gasteiger partial charge in [0.25, 0.3) is 5.91 Å². The highest BCUT2D eigenvalue weighted by molar-refractivity contribution is 6.33. The predicted molar refractivity (Wildman–Crippen MR) is 90.4 cm³/mol. The number of halogens is 1. The predicted octanol–water partition coefficient (Wildman–Crippen LogP) is 3.73. The van der Waals surface area contributed by atoms with Crippen LogP contribution in [-0.4, -0.2) is 28.3 Å². The molecular weight excluding hydrogens is 328 g/mol. The van der Waals surface area contributed by atoms with Crippen molar-refractivity contribution >= 4 is 23.2 Å². The third kappa shape index (κ3) is 3.87. The van der Waals surface area contributed by atoms with E-state index in [-0.39, 0.29) is 18.1 Å². The van der Waals surface area contributed by atoms with Gasteiger partial charge in [-0.3, -0.25) is 9.89 Å². The molecule has 1 amide bonds. The van der Waals surface area contributed by atoms with Crippen molar-refractivity contribution in [2.75, 3.05) is 0 Å².